The second-order valence-electron chi connectivity index (χ2n) is 6.53. The third kappa shape index (κ3) is 4.30. The normalized spacial score (nSPS) is 10.9. The van der Waals surface area contributed by atoms with Crippen LogP contribution in [0.3, 0.4) is 0 Å². The summed E-state index contributed by atoms with van der Waals surface area (Å²) in [4.78, 5) is 14.8. The van der Waals surface area contributed by atoms with Gasteiger partial charge in [-0.3, -0.25) is 4.79 Å². The number of amides is 1. The van der Waals surface area contributed by atoms with Crippen molar-refractivity contribution in [1.29, 1.82) is 0 Å². The predicted octanol–water partition coefficient (Wildman–Crippen LogP) is 4.02. The van der Waals surface area contributed by atoms with Gasteiger partial charge in [0.1, 0.15) is 0 Å². The molecule has 6 nitrogen and oxygen atoms in total. The first-order valence-electron chi connectivity index (χ1n) is 9.47. The molecule has 146 valence electrons. The first-order chi connectivity index (χ1) is 14.3. The maximum Gasteiger partial charge on any atom is 0.237 e. The fourth-order valence-corrected chi connectivity index (χ4v) is 4.04. The molecule has 29 heavy (non-hydrogen) atoms. The van der Waals surface area contributed by atoms with Gasteiger partial charge in [0.15, 0.2) is 0 Å². The van der Waals surface area contributed by atoms with Crippen molar-refractivity contribution in [2.75, 3.05) is 17.2 Å². The van der Waals surface area contributed by atoms with Crippen molar-refractivity contribution in [1.82, 2.24) is 20.2 Å². The molecule has 3 aromatic carbocycles. The van der Waals surface area contributed by atoms with Crippen LogP contribution < -0.4 is 4.90 Å². The van der Waals surface area contributed by atoms with Crippen LogP contribution in [0.5, 0.6) is 0 Å². The molecule has 4 rings (SSSR count). The third-order valence-electron chi connectivity index (χ3n) is 4.67. The summed E-state index contributed by atoms with van der Waals surface area (Å²) in [5.74, 6) is 0.301. The van der Waals surface area contributed by atoms with E-state index in [2.05, 4.69) is 27.7 Å². The molecular weight excluding hydrogens is 382 g/mol. The number of nitrogens with zero attached hydrogens (tertiary/aromatic N) is 5. The molecular formula is C22H21N5OS. The first-order valence-corrected chi connectivity index (χ1v) is 10.5. The van der Waals surface area contributed by atoms with E-state index in [4.69, 9.17) is 0 Å². The van der Waals surface area contributed by atoms with E-state index in [9.17, 15) is 4.79 Å². The largest absolute Gasteiger partial charge is 0.311 e. The van der Waals surface area contributed by atoms with Crippen LogP contribution >= 0.6 is 11.8 Å². The van der Waals surface area contributed by atoms with Crippen molar-refractivity contribution in [2.24, 2.45) is 0 Å². The zero-order valence-corrected chi connectivity index (χ0v) is 16.9. The summed E-state index contributed by atoms with van der Waals surface area (Å²) in [5, 5.41) is 14.8. The number of aromatic nitrogens is 4. The molecule has 7 heteroatoms. The number of thioether (sulfide) groups is 1. The lowest BCUT2D eigenvalue weighted by Crippen LogP contribution is -2.32. The summed E-state index contributed by atoms with van der Waals surface area (Å²) in [6.07, 6.45) is 0. The van der Waals surface area contributed by atoms with E-state index < -0.39 is 0 Å². The molecule has 0 saturated heterocycles. The van der Waals surface area contributed by atoms with Crippen LogP contribution in [0.1, 0.15) is 12.5 Å². The number of hydrogen-bond acceptors (Lipinski definition) is 5. The van der Waals surface area contributed by atoms with Crippen molar-refractivity contribution >= 4 is 34.1 Å². The van der Waals surface area contributed by atoms with Gasteiger partial charge in [-0.05, 0) is 34.4 Å². The maximum atomic E-state index is 13.0. The highest BCUT2D eigenvalue weighted by Crippen LogP contribution is 2.27. The van der Waals surface area contributed by atoms with E-state index in [0.29, 0.717) is 18.2 Å². The van der Waals surface area contributed by atoms with E-state index in [1.54, 1.807) is 4.68 Å². The molecule has 1 amide bonds. The molecule has 0 N–H and O–H groups in total. The van der Waals surface area contributed by atoms with Crippen LogP contribution in [0, 0.1) is 0 Å². The highest BCUT2D eigenvalue weighted by Gasteiger charge is 2.18. The molecule has 0 saturated carbocycles. The molecule has 0 fully saturated rings. The highest BCUT2D eigenvalue weighted by molar-refractivity contribution is 7.99. The topological polar surface area (TPSA) is 63.9 Å². The van der Waals surface area contributed by atoms with Crippen molar-refractivity contribution in [2.45, 2.75) is 18.6 Å². The average Bonchev–Trinajstić information content (AvgIpc) is 3.20. The van der Waals surface area contributed by atoms with Crippen LogP contribution in [0.2, 0.25) is 0 Å². The minimum absolute atomic E-state index is 0.0307. The lowest BCUT2D eigenvalue weighted by Gasteiger charge is -2.22. The Balaban J connectivity index is 1.49. The first kappa shape index (κ1) is 19.1. The van der Waals surface area contributed by atoms with Crippen LogP contribution in [-0.4, -0.2) is 38.4 Å². The molecule has 0 unspecified atom stereocenters. The highest BCUT2D eigenvalue weighted by atomic mass is 32.2. The smallest absolute Gasteiger partial charge is 0.237 e. The predicted molar refractivity (Wildman–Crippen MR) is 116 cm³/mol. The van der Waals surface area contributed by atoms with Crippen molar-refractivity contribution < 1.29 is 4.79 Å². The average molecular weight is 404 g/mol. The van der Waals surface area contributed by atoms with Gasteiger partial charge in [-0.1, -0.05) is 78.5 Å². The second kappa shape index (κ2) is 8.87. The Bertz CT molecular complexity index is 1110. The van der Waals surface area contributed by atoms with E-state index in [-0.39, 0.29) is 11.7 Å². The number of tetrazole rings is 1. The number of rotatable bonds is 7. The lowest BCUT2D eigenvalue weighted by atomic mass is 10.1. The van der Waals surface area contributed by atoms with Crippen LogP contribution in [0.4, 0.5) is 5.69 Å². The Labute approximate surface area is 173 Å². The van der Waals surface area contributed by atoms with Crippen molar-refractivity contribution in [3.63, 3.8) is 0 Å². The summed E-state index contributed by atoms with van der Waals surface area (Å²) >= 11 is 1.36. The lowest BCUT2D eigenvalue weighted by molar-refractivity contribution is -0.116. The fourth-order valence-electron chi connectivity index (χ4n) is 3.28. The Hall–Kier alpha value is -3.19. The van der Waals surface area contributed by atoms with Crippen LogP contribution in [0.15, 0.2) is 78.0 Å². The molecule has 0 aliphatic heterocycles. The van der Waals surface area contributed by atoms with Crippen molar-refractivity contribution in [3.8, 4) is 0 Å². The summed E-state index contributed by atoms with van der Waals surface area (Å²) in [5.41, 5.74) is 2.04. The van der Waals surface area contributed by atoms with E-state index >= 15 is 0 Å². The quantitative estimate of drug-likeness (QED) is 0.436. The number of benzene rings is 3. The van der Waals surface area contributed by atoms with Gasteiger partial charge in [0.2, 0.25) is 11.1 Å². The van der Waals surface area contributed by atoms with Gasteiger partial charge in [-0.2, -0.15) is 0 Å². The number of fused-ring (bicyclic) bond motifs is 1. The van der Waals surface area contributed by atoms with E-state index in [1.807, 2.05) is 72.5 Å². The minimum atomic E-state index is 0.0307. The Morgan fingerprint density at radius 2 is 1.76 bits per heavy atom. The van der Waals surface area contributed by atoms with Crippen molar-refractivity contribution in [3.05, 3.63) is 78.4 Å². The molecule has 0 radical (unpaired) electrons. The van der Waals surface area contributed by atoms with Gasteiger partial charge in [0, 0.05) is 11.9 Å². The number of carbonyl (C=O) groups is 1. The minimum Gasteiger partial charge on any atom is -0.311 e. The second-order valence-corrected chi connectivity index (χ2v) is 7.47. The fraction of sp³-hybridized carbons (Fsp3) is 0.182. The summed E-state index contributed by atoms with van der Waals surface area (Å²) in [7, 11) is 0. The van der Waals surface area contributed by atoms with Gasteiger partial charge in [-0.15, -0.1) is 5.10 Å². The molecule has 0 aliphatic carbocycles. The Kier molecular flexibility index (Phi) is 5.86. The third-order valence-corrected chi connectivity index (χ3v) is 5.62. The van der Waals surface area contributed by atoms with E-state index in [1.165, 1.54) is 11.8 Å². The summed E-state index contributed by atoms with van der Waals surface area (Å²) in [6.45, 7) is 3.16. The number of hydrogen-bond donors (Lipinski definition) is 0. The SMILES string of the molecule is CCN(C(=O)CSc1nnnn1Cc1ccccc1)c1cccc2ccccc12. The van der Waals surface area contributed by atoms with Crippen LogP contribution in [-0.2, 0) is 11.3 Å². The monoisotopic (exact) mass is 403 g/mol. The number of carbonyl (C=O) groups excluding carboxylic acids is 1. The zero-order chi connectivity index (χ0) is 20.1. The Morgan fingerprint density at radius 1 is 1.00 bits per heavy atom. The molecule has 1 aromatic heterocycles. The molecule has 0 bridgehead atoms. The number of anilines is 1. The van der Waals surface area contributed by atoms with Gasteiger partial charge < -0.3 is 4.90 Å². The van der Waals surface area contributed by atoms with Gasteiger partial charge in [0.05, 0.1) is 18.0 Å². The zero-order valence-electron chi connectivity index (χ0n) is 16.1. The summed E-state index contributed by atoms with van der Waals surface area (Å²) in [6, 6.07) is 24.2. The van der Waals surface area contributed by atoms with Gasteiger partial charge in [-0.25, -0.2) is 4.68 Å². The molecule has 1 heterocycles. The molecule has 0 atom stereocenters. The van der Waals surface area contributed by atoms with Gasteiger partial charge in [0.25, 0.3) is 0 Å². The summed E-state index contributed by atoms with van der Waals surface area (Å²) < 4.78 is 1.72. The standard InChI is InChI=1S/C22H21N5OS/c1-2-26(20-14-8-12-18-11-6-7-13-19(18)20)21(28)16-29-22-23-24-25-27(22)15-17-9-4-3-5-10-17/h3-14H,2,15-16H2,1H3. The van der Waals surface area contributed by atoms with Gasteiger partial charge >= 0.3 is 0 Å². The maximum absolute atomic E-state index is 13.0. The molecule has 4 aromatic rings. The Morgan fingerprint density at radius 3 is 2.59 bits per heavy atom. The molecule has 0 aliphatic rings. The van der Waals surface area contributed by atoms with Crippen LogP contribution in [0.25, 0.3) is 10.8 Å². The van der Waals surface area contributed by atoms with E-state index in [0.717, 1.165) is 22.0 Å². The molecule has 0 spiro atoms.